The van der Waals surface area contributed by atoms with Gasteiger partial charge in [-0.2, -0.15) is 0 Å². The van der Waals surface area contributed by atoms with E-state index in [-0.39, 0.29) is 30.7 Å². The zero-order valence-electron chi connectivity index (χ0n) is 17.4. The topological polar surface area (TPSA) is 96.2 Å². The molecule has 2 aromatic carbocycles. The highest BCUT2D eigenvalue weighted by molar-refractivity contribution is 7.99. The van der Waals surface area contributed by atoms with E-state index >= 15 is 0 Å². The maximum atomic E-state index is 12.4. The third-order valence-corrected chi connectivity index (χ3v) is 5.63. The van der Waals surface area contributed by atoms with Crippen molar-refractivity contribution in [1.29, 1.82) is 0 Å². The van der Waals surface area contributed by atoms with E-state index in [1.54, 1.807) is 4.57 Å². The molecule has 0 saturated carbocycles. The largest absolute Gasteiger partial charge is 0.390 e. The highest BCUT2D eigenvalue weighted by Crippen LogP contribution is 2.19. The fourth-order valence-electron chi connectivity index (χ4n) is 2.89. The number of aromatic nitrogens is 2. The number of aliphatic hydroxyl groups is 1. The van der Waals surface area contributed by atoms with Crippen LogP contribution >= 0.6 is 11.8 Å². The Morgan fingerprint density at radius 2 is 1.61 bits per heavy atom. The molecule has 0 radical (unpaired) electrons. The highest BCUT2D eigenvalue weighted by Gasteiger charge is 2.15. The lowest BCUT2D eigenvalue weighted by Gasteiger charge is -2.11. The van der Waals surface area contributed by atoms with Crippen LogP contribution in [0.5, 0.6) is 0 Å². The Kier molecular flexibility index (Phi) is 8.26. The first kappa shape index (κ1) is 22.6. The summed E-state index contributed by atoms with van der Waals surface area (Å²) >= 11 is 1.23. The zero-order chi connectivity index (χ0) is 22.1. The summed E-state index contributed by atoms with van der Waals surface area (Å²) in [5, 5.41) is 15.8. The molecule has 0 saturated heterocycles. The third kappa shape index (κ3) is 6.97. The highest BCUT2D eigenvalue weighted by atomic mass is 32.2. The summed E-state index contributed by atoms with van der Waals surface area (Å²) in [6, 6.07) is 17.6. The van der Waals surface area contributed by atoms with Crippen LogP contribution in [0.4, 0.5) is 0 Å². The van der Waals surface area contributed by atoms with E-state index in [2.05, 4.69) is 15.6 Å². The molecule has 0 unspecified atom stereocenters. The van der Waals surface area contributed by atoms with Crippen LogP contribution in [0.25, 0.3) is 0 Å². The number of nitrogens with zero attached hydrogens (tertiary/aromatic N) is 2. The average Bonchev–Trinajstić information content (AvgIpc) is 3.18. The number of imidazole rings is 1. The van der Waals surface area contributed by atoms with E-state index in [9.17, 15) is 14.7 Å². The van der Waals surface area contributed by atoms with Gasteiger partial charge in [0.15, 0.2) is 5.16 Å². The number of amides is 2. The molecular formula is C23H26N4O3S. The van der Waals surface area contributed by atoms with Gasteiger partial charge < -0.3 is 20.3 Å². The van der Waals surface area contributed by atoms with Gasteiger partial charge in [0.05, 0.1) is 24.3 Å². The van der Waals surface area contributed by atoms with E-state index in [4.69, 9.17) is 0 Å². The molecule has 1 heterocycles. The van der Waals surface area contributed by atoms with E-state index in [1.165, 1.54) is 23.5 Å². The predicted octanol–water partition coefficient (Wildman–Crippen LogP) is 2.41. The molecule has 31 heavy (non-hydrogen) atoms. The molecule has 3 aromatic rings. The quantitative estimate of drug-likeness (QED) is 0.423. The van der Waals surface area contributed by atoms with Gasteiger partial charge in [-0.1, -0.05) is 71.9 Å². The van der Waals surface area contributed by atoms with Gasteiger partial charge in [0.25, 0.3) is 0 Å². The van der Waals surface area contributed by atoms with Gasteiger partial charge in [-0.3, -0.25) is 9.59 Å². The Labute approximate surface area is 185 Å². The second-order valence-corrected chi connectivity index (χ2v) is 8.03. The minimum absolute atomic E-state index is 0.0239. The minimum Gasteiger partial charge on any atom is -0.390 e. The Morgan fingerprint density at radius 3 is 2.29 bits per heavy atom. The standard InChI is InChI=1S/C23H26N4O3S/c1-17-7-9-19(10-8-17)12-25-22(30)16-31-23-26-13-20(15-28)27(23)14-21(29)24-11-18-5-3-2-4-6-18/h2-10,13,28H,11-12,14-16H2,1H3,(H,24,29)(H,25,30). The molecule has 162 valence electrons. The molecule has 8 heteroatoms. The summed E-state index contributed by atoms with van der Waals surface area (Å²) in [6.07, 6.45) is 1.52. The zero-order valence-corrected chi connectivity index (χ0v) is 18.2. The third-order valence-electron chi connectivity index (χ3n) is 4.64. The predicted molar refractivity (Wildman–Crippen MR) is 120 cm³/mol. The lowest BCUT2D eigenvalue weighted by atomic mass is 10.1. The van der Waals surface area contributed by atoms with Crippen LogP contribution in [0.2, 0.25) is 0 Å². The minimum atomic E-state index is -0.237. The van der Waals surface area contributed by atoms with E-state index in [0.717, 1.165) is 11.1 Å². The van der Waals surface area contributed by atoms with Crippen molar-refractivity contribution in [1.82, 2.24) is 20.2 Å². The maximum absolute atomic E-state index is 12.4. The van der Waals surface area contributed by atoms with Gasteiger partial charge in [0, 0.05) is 13.1 Å². The van der Waals surface area contributed by atoms with E-state index in [0.29, 0.717) is 23.9 Å². The molecule has 0 aliphatic rings. The number of aliphatic hydroxyl groups excluding tert-OH is 1. The van der Waals surface area contributed by atoms with Gasteiger partial charge in [-0.05, 0) is 18.1 Å². The molecule has 2 amide bonds. The van der Waals surface area contributed by atoms with Crippen LogP contribution in [0, 0.1) is 6.92 Å². The Balaban J connectivity index is 1.51. The summed E-state index contributed by atoms with van der Waals surface area (Å²) in [7, 11) is 0. The molecular weight excluding hydrogens is 412 g/mol. The fourth-order valence-corrected chi connectivity index (χ4v) is 3.71. The van der Waals surface area contributed by atoms with Crippen molar-refractivity contribution in [2.75, 3.05) is 5.75 Å². The number of hydrogen-bond acceptors (Lipinski definition) is 5. The number of thioether (sulfide) groups is 1. The molecule has 7 nitrogen and oxygen atoms in total. The smallest absolute Gasteiger partial charge is 0.240 e. The first-order valence-electron chi connectivity index (χ1n) is 9.96. The molecule has 0 fully saturated rings. The molecule has 0 aliphatic heterocycles. The van der Waals surface area contributed by atoms with Crippen LogP contribution in [-0.4, -0.2) is 32.2 Å². The van der Waals surface area contributed by atoms with E-state index in [1.807, 2.05) is 61.5 Å². The molecule has 3 N–H and O–H groups in total. The molecule has 1 aromatic heterocycles. The average molecular weight is 439 g/mol. The molecule has 0 aliphatic carbocycles. The van der Waals surface area contributed by atoms with Crippen LogP contribution in [-0.2, 0) is 35.8 Å². The summed E-state index contributed by atoms with van der Waals surface area (Å²) in [5.74, 6) is -0.152. The number of rotatable bonds is 10. The van der Waals surface area contributed by atoms with Crippen LogP contribution in [0.1, 0.15) is 22.4 Å². The Morgan fingerprint density at radius 1 is 0.968 bits per heavy atom. The number of aryl methyl sites for hydroxylation is 1. The number of nitrogens with one attached hydrogen (secondary N) is 2. The second kappa shape index (κ2) is 11.3. The first-order valence-corrected chi connectivity index (χ1v) is 10.9. The number of benzene rings is 2. The van der Waals surface area contributed by atoms with Crippen molar-refractivity contribution in [3.05, 3.63) is 83.2 Å². The maximum Gasteiger partial charge on any atom is 0.240 e. The van der Waals surface area contributed by atoms with Crippen molar-refractivity contribution in [3.63, 3.8) is 0 Å². The number of carbonyl (C=O) groups is 2. The van der Waals surface area contributed by atoms with Crippen LogP contribution < -0.4 is 10.6 Å². The van der Waals surface area contributed by atoms with Gasteiger partial charge in [0.2, 0.25) is 11.8 Å². The Hall–Kier alpha value is -3.10. The van der Waals surface area contributed by atoms with Crippen molar-refractivity contribution in [3.8, 4) is 0 Å². The molecule has 0 spiro atoms. The van der Waals surface area contributed by atoms with Crippen LogP contribution in [0.15, 0.2) is 66.0 Å². The van der Waals surface area contributed by atoms with Gasteiger partial charge in [-0.25, -0.2) is 4.98 Å². The Bertz CT molecular complexity index is 1000. The van der Waals surface area contributed by atoms with Crippen molar-refractivity contribution in [2.24, 2.45) is 0 Å². The number of carbonyl (C=O) groups excluding carboxylic acids is 2. The normalized spacial score (nSPS) is 10.6. The lowest BCUT2D eigenvalue weighted by Crippen LogP contribution is -2.28. The summed E-state index contributed by atoms with van der Waals surface area (Å²) in [6.45, 7) is 2.68. The summed E-state index contributed by atoms with van der Waals surface area (Å²) in [5.41, 5.74) is 3.73. The van der Waals surface area contributed by atoms with Crippen molar-refractivity contribution in [2.45, 2.75) is 38.3 Å². The van der Waals surface area contributed by atoms with Gasteiger partial charge in [0.1, 0.15) is 6.54 Å². The SMILES string of the molecule is Cc1ccc(CNC(=O)CSc2ncc(CO)n2CC(=O)NCc2ccccc2)cc1. The van der Waals surface area contributed by atoms with Crippen molar-refractivity contribution < 1.29 is 14.7 Å². The summed E-state index contributed by atoms with van der Waals surface area (Å²) < 4.78 is 1.64. The second-order valence-electron chi connectivity index (χ2n) is 7.09. The lowest BCUT2D eigenvalue weighted by molar-refractivity contribution is -0.122. The summed E-state index contributed by atoms with van der Waals surface area (Å²) in [4.78, 5) is 28.9. The number of hydrogen-bond donors (Lipinski definition) is 3. The molecule has 0 atom stereocenters. The van der Waals surface area contributed by atoms with Gasteiger partial charge in [-0.15, -0.1) is 0 Å². The monoisotopic (exact) mass is 438 g/mol. The fraction of sp³-hybridized carbons (Fsp3) is 0.261. The van der Waals surface area contributed by atoms with E-state index < -0.39 is 0 Å². The van der Waals surface area contributed by atoms with Gasteiger partial charge >= 0.3 is 0 Å². The van der Waals surface area contributed by atoms with Crippen molar-refractivity contribution >= 4 is 23.6 Å². The first-order chi connectivity index (χ1) is 15.0. The molecule has 3 rings (SSSR count). The molecule has 0 bridgehead atoms. The van der Waals surface area contributed by atoms with Crippen LogP contribution in [0.3, 0.4) is 0 Å².